The number of halogens is 1. The van der Waals surface area contributed by atoms with Gasteiger partial charge in [-0.25, -0.2) is 8.42 Å². The molecule has 0 aliphatic heterocycles. The van der Waals surface area contributed by atoms with Crippen molar-refractivity contribution >= 4 is 21.4 Å². The predicted octanol–water partition coefficient (Wildman–Crippen LogP) is 5.50. The number of hydrogen-bond donors (Lipinski definition) is 0. The van der Waals surface area contributed by atoms with E-state index in [-0.39, 0.29) is 21.2 Å². The molecule has 4 rings (SSSR count). The van der Waals surface area contributed by atoms with Gasteiger partial charge < -0.3 is 9.26 Å². The van der Waals surface area contributed by atoms with Gasteiger partial charge >= 0.3 is 0 Å². The van der Waals surface area contributed by atoms with Crippen molar-refractivity contribution in [3.8, 4) is 28.3 Å². The number of rotatable bonds is 5. The lowest BCUT2D eigenvalue weighted by molar-refractivity contribution is 0.415. The first-order chi connectivity index (χ1) is 14.0. The van der Waals surface area contributed by atoms with Gasteiger partial charge in [-0.3, -0.25) is 0 Å². The third-order valence-corrected chi connectivity index (χ3v) is 6.50. The van der Waals surface area contributed by atoms with E-state index in [0.717, 1.165) is 0 Å². The Balaban J connectivity index is 1.96. The SMILES string of the molecule is COc1ccc(-c2noc(-c3ccccc3)c2S(=O)(=O)c2ccc(Cl)cc2)cc1. The Morgan fingerprint density at radius 2 is 1.52 bits per heavy atom. The van der Waals surface area contributed by atoms with Crippen molar-refractivity contribution in [2.45, 2.75) is 9.79 Å². The van der Waals surface area contributed by atoms with Crippen LogP contribution in [-0.4, -0.2) is 20.7 Å². The molecule has 5 nitrogen and oxygen atoms in total. The summed E-state index contributed by atoms with van der Waals surface area (Å²) in [6.45, 7) is 0. The van der Waals surface area contributed by atoms with E-state index in [1.807, 2.05) is 18.2 Å². The smallest absolute Gasteiger partial charge is 0.212 e. The van der Waals surface area contributed by atoms with Crippen molar-refractivity contribution in [1.82, 2.24) is 5.16 Å². The molecule has 4 aromatic rings. The van der Waals surface area contributed by atoms with Gasteiger partial charge in [-0.15, -0.1) is 0 Å². The lowest BCUT2D eigenvalue weighted by atomic mass is 10.1. The van der Waals surface area contributed by atoms with Gasteiger partial charge in [-0.05, 0) is 48.5 Å². The van der Waals surface area contributed by atoms with Gasteiger partial charge in [0.05, 0.1) is 12.0 Å². The molecule has 0 bridgehead atoms. The number of aromatic nitrogens is 1. The molecule has 7 heteroatoms. The summed E-state index contributed by atoms with van der Waals surface area (Å²) < 4.78 is 37.8. The third kappa shape index (κ3) is 3.64. The quantitative estimate of drug-likeness (QED) is 0.422. The Kier molecular flexibility index (Phi) is 5.13. The molecule has 29 heavy (non-hydrogen) atoms. The van der Waals surface area contributed by atoms with Crippen LogP contribution >= 0.6 is 11.6 Å². The summed E-state index contributed by atoms with van der Waals surface area (Å²) in [6.07, 6.45) is 0. The van der Waals surface area contributed by atoms with Crippen LogP contribution in [-0.2, 0) is 9.84 Å². The molecule has 0 atom stereocenters. The van der Waals surface area contributed by atoms with E-state index in [0.29, 0.717) is 21.9 Å². The van der Waals surface area contributed by atoms with Crippen molar-refractivity contribution in [3.05, 3.63) is 83.9 Å². The summed E-state index contributed by atoms with van der Waals surface area (Å²) in [7, 11) is -2.37. The third-order valence-electron chi connectivity index (χ3n) is 4.44. The lowest BCUT2D eigenvalue weighted by Gasteiger charge is -2.08. The van der Waals surface area contributed by atoms with E-state index in [1.54, 1.807) is 43.5 Å². The molecule has 1 heterocycles. The Bertz CT molecular complexity index is 1230. The molecule has 0 saturated carbocycles. The number of hydrogen-bond acceptors (Lipinski definition) is 5. The number of benzene rings is 3. The first-order valence-corrected chi connectivity index (χ1v) is 10.6. The topological polar surface area (TPSA) is 69.4 Å². The van der Waals surface area contributed by atoms with E-state index in [2.05, 4.69) is 5.16 Å². The maximum atomic E-state index is 13.5. The van der Waals surface area contributed by atoms with Crippen molar-refractivity contribution in [2.75, 3.05) is 7.11 Å². The van der Waals surface area contributed by atoms with Crippen LogP contribution in [0.2, 0.25) is 5.02 Å². The number of sulfone groups is 1. The van der Waals surface area contributed by atoms with Crippen molar-refractivity contribution in [2.24, 2.45) is 0 Å². The Morgan fingerprint density at radius 1 is 0.862 bits per heavy atom. The molecule has 0 aliphatic carbocycles. The van der Waals surface area contributed by atoms with Crippen LogP contribution in [0.25, 0.3) is 22.6 Å². The highest BCUT2D eigenvalue weighted by molar-refractivity contribution is 7.91. The average Bonchev–Trinajstić information content (AvgIpc) is 3.21. The van der Waals surface area contributed by atoms with Gasteiger partial charge in [0.15, 0.2) is 5.76 Å². The maximum Gasteiger partial charge on any atom is 0.212 e. The summed E-state index contributed by atoms with van der Waals surface area (Å²) in [5, 5.41) is 4.56. The maximum absolute atomic E-state index is 13.5. The second kappa shape index (κ2) is 7.73. The van der Waals surface area contributed by atoms with Gasteiger partial charge in [0.25, 0.3) is 0 Å². The summed E-state index contributed by atoms with van der Waals surface area (Å²) in [5.41, 5.74) is 1.46. The average molecular weight is 426 g/mol. The van der Waals surface area contributed by atoms with Crippen LogP contribution in [0.4, 0.5) is 0 Å². The largest absolute Gasteiger partial charge is 0.497 e. The molecule has 0 radical (unpaired) electrons. The number of nitrogens with zero attached hydrogens (tertiary/aromatic N) is 1. The standard InChI is InChI=1S/C22H16ClNO4S/c1-27-18-11-7-15(8-12-18)20-22(21(28-24-20)16-5-3-2-4-6-16)29(25,26)19-13-9-17(23)10-14-19/h2-14H,1H3. The second-order valence-corrected chi connectivity index (χ2v) is 8.56. The highest BCUT2D eigenvalue weighted by atomic mass is 35.5. The molecular weight excluding hydrogens is 410 g/mol. The lowest BCUT2D eigenvalue weighted by Crippen LogP contribution is -2.04. The van der Waals surface area contributed by atoms with Crippen molar-refractivity contribution in [3.63, 3.8) is 0 Å². The van der Waals surface area contributed by atoms with Gasteiger partial charge in [0.1, 0.15) is 16.3 Å². The van der Waals surface area contributed by atoms with Crippen molar-refractivity contribution < 1.29 is 17.7 Å². The van der Waals surface area contributed by atoms with Crippen LogP contribution in [0.5, 0.6) is 5.75 Å². The van der Waals surface area contributed by atoms with E-state index < -0.39 is 9.84 Å². The minimum atomic E-state index is -3.93. The molecule has 0 amide bonds. The van der Waals surface area contributed by atoms with Crippen molar-refractivity contribution in [1.29, 1.82) is 0 Å². The molecule has 0 N–H and O–H groups in total. The zero-order valence-electron chi connectivity index (χ0n) is 15.4. The molecule has 0 unspecified atom stereocenters. The summed E-state index contributed by atoms with van der Waals surface area (Å²) in [6, 6.07) is 22.0. The molecule has 3 aromatic carbocycles. The van der Waals surface area contributed by atoms with Gasteiger partial charge in [0, 0.05) is 16.1 Å². The molecule has 146 valence electrons. The highest BCUT2D eigenvalue weighted by Gasteiger charge is 2.31. The second-order valence-electron chi connectivity index (χ2n) is 6.24. The molecular formula is C22H16ClNO4S. The van der Waals surface area contributed by atoms with Crippen LogP contribution in [0.15, 0.2) is 93.2 Å². The zero-order chi connectivity index (χ0) is 20.4. The van der Waals surface area contributed by atoms with Gasteiger partial charge in [-0.1, -0.05) is 47.1 Å². The fraction of sp³-hybridized carbons (Fsp3) is 0.0455. The summed E-state index contributed by atoms with van der Waals surface area (Å²) in [5.74, 6) is 0.842. The highest BCUT2D eigenvalue weighted by Crippen LogP contribution is 2.39. The van der Waals surface area contributed by atoms with E-state index in [1.165, 1.54) is 24.3 Å². The fourth-order valence-corrected chi connectivity index (χ4v) is 4.63. The number of ether oxygens (including phenoxy) is 1. The van der Waals surface area contributed by atoms with E-state index in [9.17, 15) is 8.42 Å². The Labute approximate surface area is 173 Å². The van der Waals surface area contributed by atoms with Crippen LogP contribution < -0.4 is 4.74 Å². The summed E-state index contributed by atoms with van der Waals surface area (Å²) in [4.78, 5) is 0.119. The molecule has 0 fully saturated rings. The predicted molar refractivity (Wildman–Crippen MR) is 111 cm³/mol. The van der Waals surface area contributed by atoms with E-state index >= 15 is 0 Å². The summed E-state index contributed by atoms with van der Waals surface area (Å²) >= 11 is 5.93. The number of methoxy groups -OCH3 is 1. The van der Waals surface area contributed by atoms with Crippen LogP contribution in [0.1, 0.15) is 0 Å². The minimum Gasteiger partial charge on any atom is -0.497 e. The van der Waals surface area contributed by atoms with Gasteiger partial charge in [0.2, 0.25) is 9.84 Å². The molecule has 0 aliphatic rings. The Morgan fingerprint density at radius 3 is 2.14 bits per heavy atom. The van der Waals surface area contributed by atoms with E-state index in [4.69, 9.17) is 20.9 Å². The minimum absolute atomic E-state index is 0.0104. The first kappa shape index (κ1) is 19.2. The molecule has 0 saturated heterocycles. The molecule has 1 aromatic heterocycles. The fourth-order valence-electron chi connectivity index (χ4n) is 2.97. The van der Waals surface area contributed by atoms with Gasteiger partial charge in [-0.2, -0.15) is 0 Å². The monoisotopic (exact) mass is 425 g/mol. The first-order valence-electron chi connectivity index (χ1n) is 8.71. The van der Waals surface area contributed by atoms with Crippen LogP contribution in [0, 0.1) is 0 Å². The van der Waals surface area contributed by atoms with Crippen LogP contribution in [0.3, 0.4) is 0 Å². The molecule has 0 spiro atoms. The normalized spacial score (nSPS) is 11.4. The Hall–Kier alpha value is -3.09. The zero-order valence-corrected chi connectivity index (χ0v) is 16.9.